The van der Waals surface area contributed by atoms with Gasteiger partial charge in [0.25, 0.3) is 0 Å². The van der Waals surface area contributed by atoms with Gasteiger partial charge in [-0.1, -0.05) is 13.3 Å². The second kappa shape index (κ2) is 9.12. The van der Waals surface area contributed by atoms with Crippen molar-refractivity contribution in [1.29, 1.82) is 5.26 Å². The molecule has 0 saturated carbocycles. The molecule has 1 unspecified atom stereocenters. The average molecular weight is 413 g/mol. The average Bonchev–Trinajstić information content (AvgIpc) is 3.35. The van der Waals surface area contributed by atoms with E-state index in [1.165, 1.54) is 16.9 Å². The van der Waals surface area contributed by atoms with Gasteiger partial charge in [0.2, 0.25) is 5.91 Å². The summed E-state index contributed by atoms with van der Waals surface area (Å²) in [6.45, 7) is 6.98. The van der Waals surface area contributed by atoms with Crippen molar-refractivity contribution in [1.82, 2.24) is 9.80 Å². The fourth-order valence-corrected chi connectivity index (χ4v) is 5.64. The highest BCUT2D eigenvalue weighted by molar-refractivity contribution is 7.16. The van der Waals surface area contributed by atoms with Gasteiger partial charge in [-0.05, 0) is 42.9 Å². The molecule has 7 heteroatoms. The molecule has 29 heavy (non-hydrogen) atoms. The number of amides is 1. The van der Waals surface area contributed by atoms with E-state index in [0.29, 0.717) is 18.0 Å². The minimum Gasteiger partial charge on any atom is -0.468 e. The van der Waals surface area contributed by atoms with Crippen molar-refractivity contribution < 1.29 is 9.21 Å². The number of carbonyl (C=O) groups is 1. The predicted octanol–water partition coefficient (Wildman–Crippen LogP) is 3.48. The topological polar surface area (TPSA) is 72.5 Å². The van der Waals surface area contributed by atoms with E-state index in [0.717, 1.165) is 62.7 Å². The Hall–Kier alpha value is -2.14. The summed E-state index contributed by atoms with van der Waals surface area (Å²) in [5, 5.41) is 13.4. The maximum Gasteiger partial charge on any atom is 0.239 e. The highest BCUT2D eigenvalue weighted by Gasteiger charge is 2.26. The molecule has 3 heterocycles. The fraction of sp³-hybridized carbons (Fsp3) is 0.545. The Morgan fingerprint density at radius 2 is 2.14 bits per heavy atom. The van der Waals surface area contributed by atoms with E-state index in [4.69, 9.17) is 4.42 Å². The minimum absolute atomic E-state index is 0.0216. The largest absolute Gasteiger partial charge is 0.468 e. The minimum atomic E-state index is -0.0216. The van der Waals surface area contributed by atoms with Gasteiger partial charge in [0, 0.05) is 31.1 Å². The van der Waals surface area contributed by atoms with Gasteiger partial charge in [0.1, 0.15) is 16.8 Å². The molecule has 1 saturated heterocycles. The first-order valence-electron chi connectivity index (χ1n) is 10.5. The van der Waals surface area contributed by atoms with Crippen molar-refractivity contribution in [2.75, 3.05) is 38.0 Å². The molecule has 0 radical (unpaired) electrons. The highest BCUT2D eigenvalue weighted by atomic mass is 32.1. The van der Waals surface area contributed by atoms with Crippen LogP contribution < -0.4 is 5.32 Å². The predicted molar refractivity (Wildman–Crippen MR) is 114 cm³/mol. The van der Waals surface area contributed by atoms with Gasteiger partial charge in [-0.15, -0.1) is 11.3 Å². The van der Waals surface area contributed by atoms with Gasteiger partial charge in [0.15, 0.2) is 0 Å². The molecule has 0 spiro atoms. The zero-order valence-corrected chi connectivity index (χ0v) is 17.8. The quantitative estimate of drug-likeness (QED) is 0.786. The van der Waals surface area contributed by atoms with Crippen LogP contribution in [0.3, 0.4) is 0 Å². The Morgan fingerprint density at radius 3 is 2.83 bits per heavy atom. The lowest BCUT2D eigenvalue weighted by Crippen LogP contribution is -2.48. The van der Waals surface area contributed by atoms with Gasteiger partial charge >= 0.3 is 0 Å². The number of carbonyl (C=O) groups excluding carboxylic acids is 1. The van der Waals surface area contributed by atoms with E-state index >= 15 is 0 Å². The van der Waals surface area contributed by atoms with E-state index in [9.17, 15) is 10.1 Å². The number of anilines is 1. The molecule has 2 aliphatic rings. The van der Waals surface area contributed by atoms with Crippen LogP contribution in [0.5, 0.6) is 0 Å². The van der Waals surface area contributed by atoms with Crippen molar-refractivity contribution in [3.05, 3.63) is 40.2 Å². The van der Waals surface area contributed by atoms with Crippen LogP contribution in [0.4, 0.5) is 5.00 Å². The molecule has 4 rings (SSSR count). The van der Waals surface area contributed by atoms with Crippen molar-refractivity contribution >= 4 is 22.2 Å². The molecule has 6 nitrogen and oxygen atoms in total. The normalized spacial score (nSPS) is 20.2. The first-order valence-corrected chi connectivity index (χ1v) is 11.3. The van der Waals surface area contributed by atoms with Crippen LogP contribution in [0.1, 0.15) is 41.5 Å². The summed E-state index contributed by atoms with van der Waals surface area (Å²) in [7, 11) is 0. The Morgan fingerprint density at radius 1 is 1.34 bits per heavy atom. The van der Waals surface area contributed by atoms with E-state index in [2.05, 4.69) is 28.1 Å². The van der Waals surface area contributed by atoms with E-state index < -0.39 is 0 Å². The summed E-state index contributed by atoms with van der Waals surface area (Å²) < 4.78 is 5.42. The maximum absolute atomic E-state index is 12.6. The van der Waals surface area contributed by atoms with Crippen LogP contribution in [-0.4, -0.2) is 48.4 Å². The van der Waals surface area contributed by atoms with Crippen molar-refractivity contribution in [3.8, 4) is 6.07 Å². The number of hydrogen-bond donors (Lipinski definition) is 1. The summed E-state index contributed by atoms with van der Waals surface area (Å²) in [5.74, 6) is 1.66. The molecule has 1 fully saturated rings. The highest BCUT2D eigenvalue weighted by Crippen LogP contribution is 2.39. The standard InChI is InChI=1S/C22H28N4O2S/c1-2-16-5-6-18-19(13-23)22(29-20(18)12-16)24-21(27)15-26-9-7-25(8-10-26)14-17-4-3-11-28-17/h3-4,11,16H,2,5-10,12,14-15H2,1H3,(H,24,27). The first kappa shape index (κ1) is 20.1. The van der Waals surface area contributed by atoms with Gasteiger partial charge in [-0.2, -0.15) is 5.26 Å². The molecule has 1 N–H and O–H groups in total. The molecular formula is C22H28N4O2S. The number of hydrogen-bond acceptors (Lipinski definition) is 6. The van der Waals surface area contributed by atoms with E-state index in [-0.39, 0.29) is 5.91 Å². The Balaban J connectivity index is 1.30. The van der Waals surface area contributed by atoms with Crippen LogP contribution in [0.15, 0.2) is 22.8 Å². The summed E-state index contributed by atoms with van der Waals surface area (Å²) in [6.07, 6.45) is 6.02. The molecule has 1 aliphatic heterocycles. The number of nitriles is 1. The molecule has 2 aromatic heterocycles. The third kappa shape index (κ3) is 4.72. The molecule has 1 amide bonds. The zero-order valence-electron chi connectivity index (χ0n) is 16.9. The second-order valence-electron chi connectivity index (χ2n) is 8.02. The number of rotatable bonds is 6. The Bertz CT molecular complexity index is 876. The van der Waals surface area contributed by atoms with E-state index in [1.54, 1.807) is 17.6 Å². The van der Waals surface area contributed by atoms with Crippen LogP contribution in [-0.2, 0) is 24.2 Å². The van der Waals surface area contributed by atoms with Gasteiger partial charge in [-0.25, -0.2) is 0 Å². The Labute approximate surface area is 176 Å². The van der Waals surface area contributed by atoms with Crippen molar-refractivity contribution in [2.45, 2.75) is 39.2 Å². The molecule has 0 aromatic carbocycles. The molecule has 0 bridgehead atoms. The molecule has 1 aliphatic carbocycles. The van der Waals surface area contributed by atoms with Gasteiger partial charge in [-0.3, -0.25) is 14.6 Å². The molecule has 2 aromatic rings. The third-order valence-corrected chi connectivity index (χ3v) is 7.27. The van der Waals surface area contributed by atoms with Crippen LogP contribution >= 0.6 is 11.3 Å². The zero-order chi connectivity index (χ0) is 20.2. The van der Waals surface area contributed by atoms with Gasteiger partial charge < -0.3 is 9.73 Å². The van der Waals surface area contributed by atoms with Crippen molar-refractivity contribution in [2.24, 2.45) is 5.92 Å². The maximum atomic E-state index is 12.6. The lowest BCUT2D eigenvalue weighted by atomic mass is 9.86. The number of furan rings is 1. The van der Waals surface area contributed by atoms with Crippen molar-refractivity contribution in [3.63, 3.8) is 0 Å². The lowest BCUT2D eigenvalue weighted by molar-refractivity contribution is -0.117. The van der Waals surface area contributed by atoms with Crippen LogP contribution in [0, 0.1) is 17.2 Å². The molecule has 1 atom stereocenters. The third-order valence-electron chi connectivity index (χ3n) is 6.10. The number of fused-ring (bicyclic) bond motifs is 1. The van der Waals surface area contributed by atoms with Gasteiger partial charge in [0.05, 0.1) is 24.9 Å². The molecule has 154 valence electrons. The first-order chi connectivity index (χ1) is 14.2. The summed E-state index contributed by atoms with van der Waals surface area (Å²) >= 11 is 1.61. The Kier molecular flexibility index (Phi) is 6.34. The number of nitrogens with zero attached hydrogens (tertiary/aromatic N) is 3. The summed E-state index contributed by atoms with van der Waals surface area (Å²) in [4.78, 5) is 18.5. The SMILES string of the molecule is CCC1CCc2c(sc(NC(=O)CN3CCN(Cc4ccco4)CC3)c2C#N)C1. The van der Waals surface area contributed by atoms with Crippen LogP contribution in [0.25, 0.3) is 0 Å². The second-order valence-corrected chi connectivity index (χ2v) is 9.12. The summed E-state index contributed by atoms with van der Waals surface area (Å²) in [6, 6.07) is 6.25. The molecular weight excluding hydrogens is 384 g/mol. The number of thiophene rings is 1. The van der Waals surface area contributed by atoms with Crippen LogP contribution in [0.2, 0.25) is 0 Å². The van der Waals surface area contributed by atoms with E-state index in [1.807, 2.05) is 12.1 Å². The number of nitrogens with one attached hydrogen (secondary N) is 1. The monoisotopic (exact) mass is 412 g/mol. The smallest absolute Gasteiger partial charge is 0.239 e. The fourth-order valence-electron chi connectivity index (χ4n) is 4.31. The number of piperazine rings is 1. The lowest BCUT2D eigenvalue weighted by Gasteiger charge is -2.33. The summed E-state index contributed by atoms with van der Waals surface area (Å²) in [5.41, 5.74) is 1.86.